The number of ether oxygens (including phenoxy) is 1. The van der Waals surface area contributed by atoms with Gasteiger partial charge in [-0.3, -0.25) is 4.90 Å². The highest BCUT2D eigenvalue weighted by Gasteiger charge is 2.23. The zero-order chi connectivity index (χ0) is 12.3. The summed E-state index contributed by atoms with van der Waals surface area (Å²) in [5.74, 6) is -0.346. The normalized spacial score (nSPS) is 23.6. The molecule has 0 saturated carbocycles. The number of rotatable bonds is 3. The van der Waals surface area contributed by atoms with Crippen molar-refractivity contribution in [2.24, 2.45) is 0 Å². The molecule has 2 rings (SSSR count). The molecule has 1 aromatic carbocycles. The van der Waals surface area contributed by atoms with E-state index < -0.39 is 6.10 Å². The molecule has 0 aliphatic carbocycles. The van der Waals surface area contributed by atoms with Crippen molar-refractivity contribution in [1.29, 1.82) is 0 Å². The Hall–Kier alpha value is -0.970. The standard InChI is InChI=1S/C13H18FNO2/c1-10-9-17-7-6-15(10)8-13(16)11-4-2-3-5-12(11)14/h2-5,10,13,16H,6-9H2,1H3. The highest BCUT2D eigenvalue weighted by molar-refractivity contribution is 5.20. The van der Waals surface area contributed by atoms with Crippen molar-refractivity contribution in [3.63, 3.8) is 0 Å². The molecule has 1 aliphatic heterocycles. The van der Waals surface area contributed by atoms with E-state index in [0.29, 0.717) is 25.3 Å². The summed E-state index contributed by atoms with van der Waals surface area (Å²) in [6.45, 7) is 4.63. The van der Waals surface area contributed by atoms with Crippen molar-refractivity contribution >= 4 is 0 Å². The van der Waals surface area contributed by atoms with Crippen molar-refractivity contribution in [2.45, 2.75) is 19.1 Å². The van der Waals surface area contributed by atoms with Gasteiger partial charge in [0.05, 0.1) is 19.3 Å². The largest absolute Gasteiger partial charge is 0.387 e. The first-order valence-corrected chi connectivity index (χ1v) is 5.93. The fraction of sp³-hybridized carbons (Fsp3) is 0.538. The van der Waals surface area contributed by atoms with E-state index in [1.165, 1.54) is 6.07 Å². The van der Waals surface area contributed by atoms with E-state index in [0.717, 1.165) is 6.54 Å². The lowest BCUT2D eigenvalue weighted by Crippen LogP contribution is -2.45. The summed E-state index contributed by atoms with van der Waals surface area (Å²) >= 11 is 0. The van der Waals surface area contributed by atoms with Gasteiger partial charge < -0.3 is 9.84 Å². The lowest BCUT2D eigenvalue weighted by atomic mass is 10.1. The molecule has 94 valence electrons. The van der Waals surface area contributed by atoms with Crippen molar-refractivity contribution in [3.8, 4) is 0 Å². The number of nitrogens with zero attached hydrogens (tertiary/aromatic N) is 1. The maximum atomic E-state index is 13.5. The highest BCUT2D eigenvalue weighted by Crippen LogP contribution is 2.19. The van der Waals surface area contributed by atoms with Gasteiger partial charge >= 0.3 is 0 Å². The van der Waals surface area contributed by atoms with Crippen molar-refractivity contribution < 1.29 is 14.2 Å². The van der Waals surface area contributed by atoms with Crippen LogP contribution in [0.4, 0.5) is 4.39 Å². The van der Waals surface area contributed by atoms with Gasteiger partial charge in [0.1, 0.15) is 5.82 Å². The molecule has 1 aromatic rings. The van der Waals surface area contributed by atoms with E-state index in [1.54, 1.807) is 18.2 Å². The number of hydrogen-bond acceptors (Lipinski definition) is 3. The Morgan fingerprint density at radius 3 is 3.00 bits per heavy atom. The number of β-amino-alcohol motifs (C(OH)–C–C–N with tert-alkyl or cyclic N) is 1. The van der Waals surface area contributed by atoms with Gasteiger partial charge in [0.2, 0.25) is 0 Å². The van der Waals surface area contributed by atoms with Crippen LogP contribution < -0.4 is 0 Å². The zero-order valence-electron chi connectivity index (χ0n) is 9.97. The Labute approximate surface area is 101 Å². The molecule has 4 heteroatoms. The van der Waals surface area contributed by atoms with Crippen molar-refractivity contribution in [1.82, 2.24) is 4.90 Å². The topological polar surface area (TPSA) is 32.7 Å². The molecule has 2 atom stereocenters. The van der Waals surface area contributed by atoms with Crippen LogP contribution in [-0.4, -0.2) is 42.4 Å². The molecule has 2 unspecified atom stereocenters. The predicted octanol–water partition coefficient (Wildman–Crippen LogP) is 1.58. The van der Waals surface area contributed by atoms with Crippen LogP contribution in [0.25, 0.3) is 0 Å². The maximum absolute atomic E-state index is 13.5. The number of morpholine rings is 1. The molecular weight excluding hydrogens is 221 g/mol. The first-order chi connectivity index (χ1) is 8.18. The second kappa shape index (κ2) is 5.58. The summed E-state index contributed by atoms with van der Waals surface area (Å²) in [7, 11) is 0. The Morgan fingerprint density at radius 2 is 2.29 bits per heavy atom. The summed E-state index contributed by atoms with van der Waals surface area (Å²) < 4.78 is 18.8. The van der Waals surface area contributed by atoms with Crippen LogP contribution in [0.2, 0.25) is 0 Å². The molecule has 1 fully saturated rings. The van der Waals surface area contributed by atoms with Crippen LogP contribution in [0, 0.1) is 5.82 Å². The second-order valence-electron chi connectivity index (χ2n) is 4.46. The Bertz CT molecular complexity index is 372. The Balaban J connectivity index is 2.01. The third-order valence-corrected chi connectivity index (χ3v) is 3.18. The van der Waals surface area contributed by atoms with E-state index in [9.17, 15) is 9.50 Å². The summed E-state index contributed by atoms with van der Waals surface area (Å²) in [5.41, 5.74) is 0.367. The first-order valence-electron chi connectivity index (χ1n) is 5.93. The molecule has 1 N–H and O–H groups in total. The summed E-state index contributed by atoms with van der Waals surface area (Å²) in [6, 6.07) is 6.64. The number of halogens is 1. The van der Waals surface area contributed by atoms with Gasteiger partial charge in [0.25, 0.3) is 0 Å². The zero-order valence-corrected chi connectivity index (χ0v) is 9.97. The molecule has 1 aliphatic rings. The minimum atomic E-state index is -0.781. The van der Waals surface area contributed by atoms with Gasteiger partial charge in [0, 0.05) is 24.7 Å². The Morgan fingerprint density at radius 1 is 1.53 bits per heavy atom. The molecule has 0 aromatic heterocycles. The number of aliphatic hydroxyl groups excluding tert-OH is 1. The number of hydrogen-bond donors (Lipinski definition) is 1. The lowest BCUT2D eigenvalue weighted by Gasteiger charge is -2.34. The summed E-state index contributed by atoms with van der Waals surface area (Å²) in [6.07, 6.45) is -0.781. The molecule has 0 spiro atoms. The predicted molar refractivity (Wildman–Crippen MR) is 63.2 cm³/mol. The minimum Gasteiger partial charge on any atom is -0.387 e. The van der Waals surface area contributed by atoms with E-state index in [1.807, 2.05) is 6.92 Å². The Kier molecular flexibility index (Phi) is 4.10. The first kappa shape index (κ1) is 12.5. The monoisotopic (exact) mass is 239 g/mol. The lowest BCUT2D eigenvalue weighted by molar-refractivity contribution is -0.0207. The third-order valence-electron chi connectivity index (χ3n) is 3.18. The van der Waals surface area contributed by atoms with Gasteiger partial charge in [0.15, 0.2) is 0 Å². The molecule has 0 bridgehead atoms. The van der Waals surface area contributed by atoms with Crippen LogP contribution in [0.3, 0.4) is 0 Å². The molecular formula is C13H18FNO2. The van der Waals surface area contributed by atoms with E-state index >= 15 is 0 Å². The van der Waals surface area contributed by atoms with Crippen molar-refractivity contribution in [3.05, 3.63) is 35.6 Å². The molecule has 17 heavy (non-hydrogen) atoms. The molecule has 1 heterocycles. The van der Waals surface area contributed by atoms with E-state index in [2.05, 4.69) is 4.90 Å². The average molecular weight is 239 g/mol. The minimum absolute atomic E-state index is 0.269. The maximum Gasteiger partial charge on any atom is 0.129 e. The SMILES string of the molecule is CC1COCCN1CC(O)c1ccccc1F. The van der Waals surface area contributed by atoms with Crippen LogP contribution >= 0.6 is 0 Å². The number of aliphatic hydroxyl groups is 1. The molecule has 0 amide bonds. The van der Waals surface area contributed by atoms with Gasteiger partial charge in [-0.1, -0.05) is 18.2 Å². The smallest absolute Gasteiger partial charge is 0.129 e. The molecule has 3 nitrogen and oxygen atoms in total. The summed E-state index contributed by atoms with van der Waals surface area (Å²) in [5, 5.41) is 10.0. The van der Waals surface area contributed by atoms with E-state index in [-0.39, 0.29) is 11.9 Å². The van der Waals surface area contributed by atoms with Crippen molar-refractivity contribution in [2.75, 3.05) is 26.3 Å². The summed E-state index contributed by atoms with van der Waals surface area (Å²) in [4.78, 5) is 2.13. The second-order valence-corrected chi connectivity index (χ2v) is 4.46. The van der Waals surface area contributed by atoms with Crippen LogP contribution in [0.15, 0.2) is 24.3 Å². The van der Waals surface area contributed by atoms with Gasteiger partial charge in [-0.05, 0) is 13.0 Å². The van der Waals surface area contributed by atoms with Crippen LogP contribution in [0.5, 0.6) is 0 Å². The van der Waals surface area contributed by atoms with Crippen LogP contribution in [0.1, 0.15) is 18.6 Å². The van der Waals surface area contributed by atoms with Gasteiger partial charge in [-0.25, -0.2) is 4.39 Å². The van der Waals surface area contributed by atoms with Gasteiger partial charge in [-0.2, -0.15) is 0 Å². The quantitative estimate of drug-likeness (QED) is 0.869. The third kappa shape index (κ3) is 3.03. The van der Waals surface area contributed by atoms with E-state index in [4.69, 9.17) is 4.74 Å². The average Bonchev–Trinajstić information content (AvgIpc) is 2.32. The van der Waals surface area contributed by atoms with Crippen LogP contribution in [-0.2, 0) is 4.74 Å². The van der Waals surface area contributed by atoms with Gasteiger partial charge in [-0.15, -0.1) is 0 Å². The molecule has 0 radical (unpaired) electrons. The number of benzene rings is 1. The molecule has 1 saturated heterocycles. The fourth-order valence-electron chi connectivity index (χ4n) is 2.10. The fourth-order valence-corrected chi connectivity index (χ4v) is 2.10. The highest BCUT2D eigenvalue weighted by atomic mass is 19.1.